The summed E-state index contributed by atoms with van der Waals surface area (Å²) in [5.41, 5.74) is 0.640. The summed E-state index contributed by atoms with van der Waals surface area (Å²) in [5, 5.41) is 2.87. The van der Waals surface area contributed by atoms with Crippen LogP contribution in [0.5, 0.6) is 17.2 Å². The minimum atomic E-state index is -0.691. The Morgan fingerprint density at radius 2 is 1.92 bits per heavy atom. The first-order valence-corrected chi connectivity index (χ1v) is 8.19. The van der Waals surface area contributed by atoms with Gasteiger partial charge >= 0.3 is 0 Å². The molecule has 1 unspecified atom stereocenters. The van der Waals surface area contributed by atoms with E-state index < -0.39 is 6.10 Å². The molecule has 2 aromatic carbocycles. The molecule has 1 aliphatic rings. The summed E-state index contributed by atoms with van der Waals surface area (Å²) in [4.78, 5) is 12.5. The van der Waals surface area contributed by atoms with E-state index in [2.05, 4.69) is 12.2 Å². The number of rotatable bonds is 6. The number of amides is 1. The predicted molar refractivity (Wildman–Crippen MR) is 91.8 cm³/mol. The largest absolute Gasteiger partial charge is 0.491 e. The summed E-state index contributed by atoms with van der Waals surface area (Å²) in [6.45, 7) is 2.91. The fourth-order valence-corrected chi connectivity index (χ4v) is 2.38. The average Bonchev–Trinajstić information content (AvgIpc) is 2.63. The third-order valence-electron chi connectivity index (χ3n) is 3.70. The van der Waals surface area contributed by atoms with E-state index in [0.717, 1.165) is 12.8 Å². The highest BCUT2D eigenvalue weighted by Crippen LogP contribution is 2.31. The highest BCUT2D eigenvalue weighted by Gasteiger charge is 2.27. The lowest BCUT2D eigenvalue weighted by Crippen LogP contribution is -2.40. The molecule has 0 radical (unpaired) electrons. The van der Waals surface area contributed by atoms with Crippen molar-refractivity contribution in [2.45, 2.75) is 25.9 Å². The maximum absolute atomic E-state index is 12.5. The van der Waals surface area contributed by atoms with E-state index in [1.165, 1.54) is 0 Å². The van der Waals surface area contributed by atoms with Crippen LogP contribution in [0, 0.1) is 0 Å². The van der Waals surface area contributed by atoms with Gasteiger partial charge in [-0.2, -0.15) is 0 Å². The molecule has 0 saturated heterocycles. The maximum Gasteiger partial charge on any atom is 0.269 e. The molecule has 0 spiro atoms. The van der Waals surface area contributed by atoms with Crippen LogP contribution >= 0.6 is 0 Å². The standard InChI is InChI=1S/C19H21NO4/c1-2-3-12-22-15-9-5-4-8-14(15)20-19(21)18-13-23-16-10-6-7-11-17(16)24-18/h4-11,18H,2-3,12-13H2,1H3,(H,20,21). The highest BCUT2D eigenvalue weighted by atomic mass is 16.6. The van der Waals surface area contributed by atoms with Crippen molar-refractivity contribution < 1.29 is 19.0 Å². The summed E-state index contributed by atoms with van der Waals surface area (Å²) >= 11 is 0. The molecule has 3 rings (SSSR count). The van der Waals surface area contributed by atoms with Gasteiger partial charge in [0, 0.05) is 0 Å². The third-order valence-corrected chi connectivity index (χ3v) is 3.70. The Hall–Kier alpha value is -2.69. The van der Waals surface area contributed by atoms with Crippen molar-refractivity contribution >= 4 is 11.6 Å². The van der Waals surface area contributed by atoms with E-state index in [1.54, 1.807) is 6.07 Å². The summed E-state index contributed by atoms with van der Waals surface area (Å²) in [6, 6.07) is 14.7. The number of benzene rings is 2. The van der Waals surface area contributed by atoms with Crippen LogP contribution in [0.4, 0.5) is 5.69 Å². The molecule has 0 fully saturated rings. The number of hydrogen-bond donors (Lipinski definition) is 1. The molecule has 1 amide bonds. The minimum Gasteiger partial charge on any atom is -0.491 e. The molecule has 5 nitrogen and oxygen atoms in total. The molecule has 1 N–H and O–H groups in total. The van der Waals surface area contributed by atoms with Crippen LogP contribution in [-0.2, 0) is 4.79 Å². The van der Waals surface area contributed by atoms with Crippen LogP contribution < -0.4 is 19.5 Å². The first-order valence-electron chi connectivity index (χ1n) is 8.19. The zero-order valence-corrected chi connectivity index (χ0v) is 13.7. The normalized spacial score (nSPS) is 15.6. The van der Waals surface area contributed by atoms with Gasteiger partial charge in [-0.15, -0.1) is 0 Å². The van der Waals surface area contributed by atoms with Crippen molar-refractivity contribution in [3.63, 3.8) is 0 Å². The molecule has 126 valence electrons. The topological polar surface area (TPSA) is 56.8 Å². The van der Waals surface area contributed by atoms with Crippen LogP contribution in [-0.4, -0.2) is 25.2 Å². The molecule has 0 bridgehead atoms. The number of carbonyl (C=O) groups excluding carboxylic acids is 1. The van der Waals surface area contributed by atoms with Crippen molar-refractivity contribution in [2.75, 3.05) is 18.5 Å². The molecular weight excluding hydrogens is 306 g/mol. The van der Waals surface area contributed by atoms with E-state index in [1.807, 2.05) is 42.5 Å². The monoisotopic (exact) mass is 327 g/mol. The fraction of sp³-hybridized carbons (Fsp3) is 0.316. The van der Waals surface area contributed by atoms with E-state index in [-0.39, 0.29) is 12.5 Å². The van der Waals surface area contributed by atoms with Gasteiger partial charge in [-0.05, 0) is 30.7 Å². The average molecular weight is 327 g/mol. The first kappa shape index (κ1) is 16.2. The van der Waals surface area contributed by atoms with Crippen LogP contribution in [0.25, 0.3) is 0 Å². The molecule has 1 heterocycles. The highest BCUT2D eigenvalue weighted by molar-refractivity contribution is 5.96. The number of hydrogen-bond acceptors (Lipinski definition) is 4. The predicted octanol–water partition coefficient (Wildman–Crippen LogP) is 3.64. The van der Waals surface area contributed by atoms with E-state index >= 15 is 0 Å². The quantitative estimate of drug-likeness (QED) is 0.823. The van der Waals surface area contributed by atoms with Gasteiger partial charge < -0.3 is 19.5 Å². The zero-order valence-electron chi connectivity index (χ0n) is 13.7. The summed E-state index contributed by atoms with van der Waals surface area (Å²) < 4.78 is 17.0. The van der Waals surface area contributed by atoms with Crippen molar-refractivity contribution in [1.29, 1.82) is 0 Å². The Morgan fingerprint density at radius 3 is 2.75 bits per heavy atom. The number of fused-ring (bicyclic) bond motifs is 1. The lowest BCUT2D eigenvalue weighted by molar-refractivity contribution is -0.125. The Kier molecular flexibility index (Phi) is 5.21. The van der Waals surface area contributed by atoms with E-state index in [0.29, 0.717) is 29.5 Å². The maximum atomic E-state index is 12.5. The Bertz CT molecular complexity index is 701. The minimum absolute atomic E-state index is 0.182. The Morgan fingerprint density at radius 1 is 1.17 bits per heavy atom. The van der Waals surface area contributed by atoms with Gasteiger partial charge in [-0.3, -0.25) is 4.79 Å². The molecule has 5 heteroatoms. The molecule has 0 aromatic heterocycles. The van der Waals surface area contributed by atoms with E-state index in [9.17, 15) is 4.79 Å². The molecule has 0 aliphatic carbocycles. The number of carbonyl (C=O) groups is 1. The van der Waals surface area contributed by atoms with Crippen molar-refractivity contribution in [3.8, 4) is 17.2 Å². The van der Waals surface area contributed by atoms with Crippen LogP contribution in [0.1, 0.15) is 19.8 Å². The van der Waals surface area contributed by atoms with Gasteiger partial charge in [0.05, 0.1) is 12.3 Å². The molecule has 1 atom stereocenters. The SMILES string of the molecule is CCCCOc1ccccc1NC(=O)C1COc2ccccc2O1. The smallest absolute Gasteiger partial charge is 0.269 e. The van der Waals surface area contributed by atoms with Gasteiger partial charge in [0.25, 0.3) is 5.91 Å². The third kappa shape index (κ3) is 3.79. The molecule has 0 saturated carbocycles. The molecule has 24 heavy (non-hydrogen) atoms. The lowest BCUT2D eigenvalue weighted by atomic mass is 10.2. The Balaban J connectivity index is 1.65. The van der Waals surface area contributed by atoms with E-state index in [4.69, 9.17) is 14.2 Å². The van der Waals surface area contributed by atoms with Crippen LogP contribution in [0.3, 0.4) is 0 Å². The van der Waals surface area contributed by atoms with Crippen molar-refractivity contribution in [3.05, 3.63) is 48.5 Å². The fourth-order valence-electron chi connectivity index (χ4n) is 2.38. The van der Waals surface area contributed by atoms with Gasteiger partial charge in [-0.1, -0.05) is 37.6 Å². The lowest BCUT2D eigenvalue weighted by Gasteiger charge is -2.25. The summed E-state index contributed by atoms with van der Waals surface area (Å²) in [7, 11) is 0. The van der Waals surface area contributed by atoms with Gasteiger partial charge in [0.15, 0.2) is 11.5 Å². The number of anilines is 1. The zero-order chi connectivity index (χ0) is 16.8. The number of unbranched alkanes of at least 4 members (excludes halogenated alkanes) is 1. The summed E-state index contributed by atoms with van der Waals surface area (Å²) in [6.07, 6.45) is 1.34. The van der Waals surface area contributed by atoms with Gasteiger partial charge in [0.2, 0.25) is 6.10 Å². The second kappa shape index (κ2) is 7.73. The molecule has 1 aliphatic heterocycles. The Labute approximate surface area is 141 Å². The van der Waals surface area contributed by atoms with Crippen LogP contribution in [0.2, 0.25) is 0 Å². The van der Waals surface area contributed by atoms with Crippen molar-refractivity contribution in [2.24, 2.45) is 0 Å². The van der Waals surface area contributed by atoms with Gasteiger partial charge in [-0.25, -0.2) is 0 Å². The van der Waals surface area contributed by atoms with Crippen molar-refractivity contribution in [1.82, 2.24) is 0 Å². The second-order valence-corrected chi connectivity index (χ2v) is 5.55. The van der Waals surface area contributed by atoms with Crippen LogP contribution in [0.15, 0.2) is 48.5 Å². The number of para-hydroxylation sites is 4. The summed E-state index contributed by atoms with van der Waals surface area (Å²) in [5.74, 6) is 1.65. The first-order chi connectivity index (χ1) is 11.8. The molecule has 2 aromatic rings. The number of ether oxygens (including phenoxy) is 3. The number of nitrogens with one attached hydrogen (secondary N) is 1. The second-order valence-electron chi connectivity index (χ2n) is 5.55. The molecular formula is C19H21NO4. The van der Waals surface area contributed by atoms with Gasteiger partial charge in [0.1, 0.15) is 12.4 Å².